The van der Waals surface area contributed by atoms with Gasteiger partial charge in [-0.1, -0.05) is 47.7 Å². The van der Waals surface area contributed by atoms with Crippen LogP contribution >= 0.6 is 0 Å². The Hall–Kier alpha value is -3.06. The standard InChI is InChI=1S/C21H23N5O2/c1-16(26-21(28)18-9-5-6-10-19(18)22-23-26)20(27)25-13-11-24(12-14-25)15-17-7-3-2-4-8-17/h2-10,16H,11-15H2,1H3. The molecule has 2 aromatic carbocycles. The molecule has 1 amide bonds. The van der Waals surface area contributed by atoms with E-state index in [9.17, 15) is 9.59 Å². The Bertz CT molecular complexity index is 1030. The fraction of sp³-hybridized carbons (Fsp3) is 0.333. The minimum atomic E-state index is -0.676. The van der Waals surface area contributed by atoms with Crippen LogP contribution in [0.2, 0.25) is 0 Å². The molecule has 7 nitrogen and oxygen atoms in total. The Labute approximate surface area is 163 Å². The highest BCUT2D eigenvalue weighted by molar-refractivity contribution is 5.81. The Morgan fingerprint density at radius 1 is 1.00 bits per heavy atom. The SMILES string of the molecule is CC(C(=O)N1CCN(Cc2ccccc2)CC1)n1nnc2ccccc2c1=O. The minimum absolute atomic E-state index is 0.0916. The van der Waals surface area contributed by atoms with Crippen LogP contribution in [-0.4, -0.2) is 56.9 Å². The van der Waals surface area contributed by atoms with E-state index < -0.39 is 6.04 Å². The van der Waals surface area contributed by atoms with E-state index in [0.717, 1.165) is 19.6 Å². The summed E-state index contributed by atoms with van der Waals surface area (Å²) in [6.45, 7) is 5.51. The first-order valence-electron chi connectivity index (χ1n) is 9.53. The first kappa shape index (κ1) is 18.3. The summed E-state index contributed by atoms with van der Waals surface area (Å²) < 4.78 is 1.20. The second-order valence-corrected chi connectivity index (χ2v) is 7.12. The fourth-order valence-corrected chi connectivity index (χ4v) is 3.59. The van der Waals surface area contributed by atoms with Crippen LogP contribution in [0.1, 0.15) is 18.5 Å². The van der Waals surface area contributed by atoms with Crippen LogP contribution in [0.25, 0.3) is 10.9 Å². The topological polar surface area (TPSA) is 71.3 Å². The third-order valence-corrected chi connectivity index (χ3v) is 5.25. The van der Waals surface area contributed by atoms with Gasteiger partial charge in [0.05, 0.1) is 5.39 Å². The number of hydrogen-bond acceptors (Lipinski definition) is 5. The lowest BCUT2D eigenvalue weighted by Crippen LogP contribution is -2.50. The highest BCUT2D eigenvalue weighted by atomic mass is 16.2. The molecule has 1 aliphatic heterocycles. The zero-order valence-corrected chi connectivity index (χ0v) is 15.9. The second kappa shape index (κ2) is 7.90. The quantitative estimate of drug-likeness (QED) is 0.692. The third-order valence-electron chi connectivity index (χ3n) is 5.25. The maximum Gasteiger partial charge on any atom is 0.278 e. The number of piperazine rings is 1. The molecule has 1 aliphatic rings. The zero-order chi connectivity index (χ0) is 19.5. The highest BCUT2D eigenvalue weighted by Gasteiger charge is 2.27. The van der Waals surface area contributed by atoms with E-state index in [2.05, 4.69) is 27.3 Å². The number of fused-ring (bicyclic) bond motifs is 1. The summed E-state index contributed by atoms with van der Waals surface area (Å²) in [4.78, 5) is 29.8. The number of carbonyl (C=O) groups excluding carboxylic acids is 1. The van der Waals surface area contributed by atoms with E-state index in [1.807, 2.05) is 29.2 Å². The minimum Gasteiger partial charge on any atom is -0.338 e. The first-order valence-corrected chi connectivity index (χ1v) is 9.53. The molecule has 0 radical (unpaired) electrons. The van der Waals surface area contributed by atoms with E-state index in [-0.39, 0.29) is 11.5 Å². The van der Waals surface area contributed by atoms with Crippen LogP contribution in [0.4, 0.5) is 0 Å². The monoisotopic (exact) mass is 377 g/mol. The number of amides is 1. The van der Waals surface area contributed by atoms with Crippen molar-refractivity contribution in [2.45, 2.75) is 19.5 Å². The van der Waals surface area contributed by atoms with Gasteiger partial charge in [-0.05, 0) is 24.6 Å². The second-order valence-electron chi connectivity index (χ2n) is 7.12. The molecular formula is C21H23N5O2. The molecule has 1 saturated heterocycles. The molecule has 4 rings (SSSR count). The van der Waals surface area contributed by atoms with Gasteiger partial charge in [0.2, 0.25) is 5.91 Å². The van der Waals surface area contributed by atoms with Gasteiger partial charge in [0.15, 0.2) is 0 Å². The molecule has 2 heterocycles. The van der Waals surface area contributed by atoms with Crippen molar-refractivity contribution in [3.63, 3.8) is 0 Å². The van der Waals surface area contributed by atoms with E-state index >= 15 is 0 Å². The largest absolute Gasteiger partial charge is 0.338 e. The summed E-state index contributed by atoms with van der Waals surface area (Å²) in [7, 11) is 0. The molecule has 0 N–H and O–H groups in total. The van der Waals surface area contributed by atoms with Crippen LogP contribution in [0.15, 0.2) is 59.4 Å². The number of aromatic nitrogens is 3. The maximum atomic E-state index is 12.9. The summed E-state index contributed by atoms with van der Waals surface area (Å²) >= 11 is 0. The number of nitrogens with zero attached hydrogens (tertiary/aromatic N) is 5. The maximum absolute atomic E-state index is 12.9. The Morgan fingerprint density at radius 2 is 1.68 bits per heavy atom. The summed E-state index contributed by atoms with van der Waals surface area (Å²) in [5.41, 5.74) is 1.53. The Morgan fingerprint density at radius 3 is 2.43 bits per heavy atom. The summed E-state index contributed by atoms with van der Waals surface area (Å²) in [5.74, 6) is -0.0916. The van der Waals surface area contributed by atoms with Gasteiger partial charge in [0, 0.05) is 32.7 Å². The summed E-state index contributed by atoms with van der Waals surface area (Å²) in [6, 6.07) is 16.7. The molecule has 3 aromatic rings. The van der Waals surface area contributed by atoms with E-state index in [4.69, 9.17) is 0 Å². The Balaban J connectivity index is 1.43. The number of benzene rings is 2. The van der Waals surface area contributed by atoms with Gasteiger partial charge in [-0.25, -0.2) is 0 Å². The molecule has 1 aromatic heterocycles. The summed E-state index contributed by atoms with van der Waals surface area (Å²) in [5, 5.41) is 8.55. The van der Waals surface area contributed by atoms with Gasteiger partial charge in [0.25, 0.3) is 5.56 Å². The van der Waals surface area contributed by atoms with Crippen LogP contribution < -0.4 is 5.56 Å². The van der Waals surface area contributed by atoms with Gasteiger partial charge in [-0.3, -0.25) is 14.5 Å². The zero-order valence-electron chi connectivity index (χ0n) is 15.9. The molecule has 0 spiro atoms. The van der Waals surface area contributed by atoms with Gasteiger partial charge >= 0.3 is 0 Å². The van der Waals surface area contributed by atoms with Gasteiger partial charge in [-0.15, -0.1) is 5.10 Å². The molecule has 0 bridgehead atoms. The average Bonchev–Trinajstić information content (AvgIpc) is 2.74. The van der Waals surface area contributed by atoms with E-state index in [1.165, 1.54) is 10.2 Å². The molecule has 1 unspecified atom stereocenters. The van der Waals surface area contributed by atoms with Crippen molar-refractivity contribution < 1.29 is 4.79 Å². The van der Waals surface area contributed by atoms with Crippen molar-refractivity contribution in [2.75, 3.05) is 26.2 Å². The lowest BCUT2D eigenvalue weighted by atomic mass is 10.2. The third kappa shape index (κ3) is 3.66. The van der Waals surface area contributed by atoms with Crippen molar-refractivity contribution in [1.29, 1.82) is 0 Å². The molecule has 1 atom stereocenters. The molecule has 0 saturated carbocycles. The lowest BCUT2D eigenvalue weighted by molar-refractivity contribution is -0.136. The molecule has 1 fully saturated rings. The number of rotatable bonds is 4. The van der Waals surface area contributed by atoms with Crippen LogP contribution in [0.3, 0.4) is 0 Å². The lowest BCUT2D eigenvalue weighted by Gasteiger charge is -2.35. The summed E-state index contributed by atoms with van der Waals surface area (Å²) in [6.07, 6.45) is 0. The molecular weight excluding hydrogens is 354 g/mol. The molecule has 144 valence electrons. The fourth-order valence-electron chi connectivity index (χ4n) is 3.59. The average molecular weight is 377 g/mol. The van der Waals surface area contributed by atoms with E-state index in [0.29, 0.717) is 24.0 Å². The molecule has 7 heteroatoms. The number of hydrogen-bond donors (Lipinski definition) is 0. The van der Waals surface area contributed by atoms with Crippen LogP contribution in [0.5, 0.6) is 0 Å². The van der Waals surface area contributed by atoms with Crippen molar-refractivity contribution in [2.24, 2.45) is 0 Å². The highest BCUT2D eigenvalue weighted by Crippen LogP contribution is 2.13. The number of carbonyl (C=O) groups is 1. The van der Waals surface area contributed by atoms with Crippen LogP contribution in [0, 0.1) is 0 Å². The van der Waals surface area contributed by atoms with Gasteiger partial charge < -0.3 is 4.90 Å². The predicted octanol–water partition coefficient (Wildman–Crippen LogP) is 1.70. The van der Waals surface area contributed by atoms with Crippen molar-refractivity contribution in [3.8, 4) is 0 Å². The van der Waals surface area contributed by atoms with Crippen molar-refractivity contribution in [1.82, 2.24) is 24.8 Å². The normalized spacial score (nSPS) is 16.2. The van der Waals surface area contributed by atoms with E-state index in [1.54, 1.807) is 25.1 Å². The Kier molecular flexibility index (Phi) is 5.16. The van der Waals surface area contributed by atoms with Crippen molar-refractivity contribution in [3.05, 3.63) is 70.5 Å². The first-order chi connectivity index (χ1) is 13.6. The van der Waals surface area contributed by atoms with Gasteiger partial charge in [-0.2, -0.15) is 4.68 Å². The van der Waals surface area contributed by atoms with Crippen LogP contribution in [-0.2, 0) is 11.3 Å². The predicted molar refractivity (Wildman–Crippen MR) is 107 cm³/mol. The molecule has 0 aliphatic carbocycles. The smallest absolute Gasteiger partial charge is 0.278 e. The van der Waals surface area contributed by atoms with Gasteiger partial charge in [0.1, 0.15) is 11.6 Å². The molecule has 28 heavy (non-hydrogen) atoms. The van der Waals surface area contributed by atoms with Crippen molar-refractivity contribution >= 4 is 16.8 Å².